The topological polar surface area (TPSA) is 12.0 Å². The maximum atomic E-state index is 14.5. The second-order valence-corrected chi connectivity index (χ2v) is 9.83. The van der Waals surface area contributed by atoms with Gasteiger partial charge in [0.2, 0.25) is 0 Å². The summed E-state index contributed by atoms with van der Waals surface area (Å²) in [5, 5.41) is 3.67. The van der Waals surface area contributed by atoms with Crippen molar-refractivity contribution in [1.29, 1.82) is 0 Å². The summed E-state index contributed by atoms with van der Waals surface area (Å²) in [6.07, 6.45) is 23.3. The first-order valence-corrected chi connectivity index (χ1v) is 12.1. The molecule has 3 rings (SSSR count). The van der Waals surface area contributed by atoms with Gasteiger partial charge in [0.1, 0.15) is 6.17 Å². The van der Waals surface area contributed by atoms with Crippen LogP contribution in [0.15, 0.2) is 48.1 Å². The molecule has 0 heterocycles. The van der Waals surface area contributed by atoms with E-state index in [-0.39, 0.29) is 5.92 Å². The van der Waals surface area contributed by atoms with E-state index in [0.29, 0.717) is 17.8 Å². The number of halogens is 1. The number of nitrogens with one attached hydrogen (secondary N) is 1. The molecule has 2 heteroatoms. The minimum atomic E-state index is -0.787. The van der Waals surface area contributed by atoms with Crippen LogP contribution in [-0.4, -0.2) is 19.3 Å². The number of alkyl halides is 1. The van der Waals surface area contributed by atoms with Gasteiger partial charge in [0, 0.05) is 12.5 Å². The van der Waals surface area contributed by atoms with Crippen molar-refractivity contribution in [2.45, 2.75) is 71.9 Å². The Hall–Kier alpha value is -1.15. The van der Waals surface area contributed by atoms with Crippen LogP contribution in [0, 0.1) is 35.5 Å². The zero-order valence-corrected chi connectivity index (χ0v) is 18.8. The lowest BCUT2D eigenvalue weighted by atomic mass is 9.69. The Morgan fingerprint density at radius 3 is 2.66 bits per heavy atom. The first-order valence-electron chi connectivity index (χ1n) is 12.1. The van der Waals surface area contributed by atoms with Crippen LogP contribution < -0.4 is 5.32 Å². The minimum Gasteiger partial charge on any atom is -0.313 e. The van der Waals surface area contributed by atoms with E-state index in [1.54, 1.807) is 6.08 Å². The first kappa shape index (κ1) is 22.5. The van der Waals surface area contributed by atoms with Crippen LogP contribution in [0.1, 0.15) is 65.7 Å². The first-order chi connectivity index (χ1) is 14.1. The molecule has 0 spiro atoms. The molecule has 0 aromatic rings. The highest BCUT2D eigenvalue weighted by Crippen LogP contribution is 2.41. The number of rotatable bonds is 10. The van der Waals surface area contributed by atoms with Crippen molar-refractivity contribution >= 4 is 0 Å². The Morgan fingerprint density at radius 2 is 2.00 bits per heavy atom. The lowest BCUT2D eigenvalue weighted by molar-refractivity contribution is 0.158. The van der Waals surface area contributed by atoms with Crippen molar-refractivity contribution in [3.8, 4) is 0 Å². The Bertz CT molecular complexity index is 612. The zero-order valence-electron chi connectivity index (χ0n) is 18.8. The summed E-state index contributed by atoms with van der Waals surface area (Å²) in [7, 11) is 0. The smallest absolute Gasteiger partial charge is 0.125 e. The molecule has 1 fully saturated rings. The van der Waals surface area contributed by atoms with Crippen molar-refractivity contribution in [3.63, 3.8) is 0 Å². The third-order valence-electron chi connectivity index (χ3n) is 7.60. The van der Waals surface area contributed by atoms with E-state index in [1.165, 1.54) is 50.5 Å². The van der Waals surface area contributed by atoms with Crippen LogP contribution in [0.3, 0.4) is 0 Å². The van der Waals surface area contributed by atoms with Crippen molar-refractivity contribution in [1.82, 2.24) is 5.32 Å². The van der Waals surface area contributed by atoms with Crippen LogP contribution in [0.25, 0.3) is 0 Å². The average molecular weight is 400 g/mol. The molecular weight excluding hydrogens is 357 g/mol. The fourth-order valence-electron chi connectivity index (χ4n) is 5.44. The molecule has 1 N–H and O–H groups in total. The molecule has 29 heavy (non-hydrogen) atoms. The molecular formula is C27H42FN. The molecule has 1 nitrogen and oxygen atoms in total. The third-order valence-corrected chi connectivity index (χ3v) is 7.60. The van der Waals surface area contributed by atoms with Gasteiger partial charge in [0.05, 0.1) is 0 Å². The van der Waals surface area contributed by atoms with E-state index >= 15 is 0 Å². The second kappa shape index (κ2) is 11.3. The molecule has 0 aromatic heterocycles. The average Bonchev–Trinajstić information content (AvgIpc) is 2.66. The van der Waals surface area contributed by atoms with E-state index in [9.17, 15) is 4.39 Å². The summed E-state index contributed by atoms with van der Waals surface area (Å²) < 4.78 is 14.5. The molecule has 0 amide bonds. The van der Waals surface area contributed by atoms with Gasteiger partial charge in [-0.05, 0) is 87.2 Å². The fourth-order valence-corrected chi connectivity index (χ4v) is 5.44. The van der Waals surface area contributed by atoms with Gasteiger partial charge in [0.25, 0.3) is 0 Å². The minimum absolute atomic E-state index is 0.119. The Labute approximate surface area is 178 Å². The predicted octanol–water partition coefficient (Wildman–Crippen LogP) is 7.04. The molecule has 0 radical (unpaired) electrons. The Kier molecular flexibility index (Phi) is 8.78. The molecule has 6 atom stereocenters. The second-order valence-electron chi connectivity index (χ2n) is 9.83. The zero-order chi connectivity index (χ0) is 20.6. The summed E-state index contributed by atoms with van der Waals surface area (Å²) in [4.78, 5) is 0. The molecule has 162 valence electrons. The molecule has 3 aliphatic rings. The monoisotopic (exact) mass is 399 g/mol. The van der Waals surface area contributed by atoms with Gasteiger partial charge < -0.3 is 5.32 Å². The maximum Gasteiger partial charge on any atom is 0.125 e. The van der Waals surface area contributed by atoms with E-state index < -0.39 is 6.17 Å². The summed E-state index contributed by atoms with van der Waals surface area (Å²) in [6, 6.07) is 0. The molecule has 0 bridgehead atoms. The molecule has 0 aliphatic heterocycles. The van der Waals surface area contributed by atoms with Crippen molar-refractivity contribution in [3.05, 3.63) is 48.1 Å². The standard InChI is InChI=1S/C27H42FN/c1-4-7-21(3)24(18-22-14-12-20(2)13-15-22)16-17-29-19-25-10-6-11-26(28)27(25)23-8-5-9-23/h4,6-7,10-12,14,20-24,26-27,29H,5,8-9,13,15-19H2,1-3H3. The molecule has 3 aliphatic carbocycles. The predicted molar refractivity (Wildman–Crippen MR) is 124 cm³/mol. The highest BCUT2D eigenvalue weighted by atomic mass is 19.1. The summed E-state index contributed by atoms with van der Waals surface area (Å²) in [5.41, 5.74) is 1.28. The Morgan fingerprint density at radius 1 is 1.17 bits per heavy atom. The van der Waals surface area contributed by atoms with Crippen LogP contribution in [0.2, 0.25) is 0 Å². The fraction of sp³-hybridized carbons (Fsp3) is 0.704. The summed E-state index contributed by atoms with van der Waals surface area (Å²) >= 11 is 0. The molecule has 0 saturated heterocycles. The van der Waals surface area contributed by atoms with E-state index in [4.69, 9.17) is 0 Å². The van der Waals surface area contributed by atoms with Crippen molar-refractivity contribution < 1.29 is 4.39 Å². The summed E-state index contributed by atoms with van der Waals surface area (Å²) in [5.74, 6) is 3.49. The number of allylic oxidation sites excluding steroid dienone is 7. The van der Waals surface area contributed by atoms with Gasteiger partial charge in [-0.1, -0.05) is 62.8 Å². The van der Waals surface area contributed by atoms with Crippen molar-refractivity contribution in [2.75, 3.05) is 13.1 Å². The van der Waals surface area contributed by atoms with Crippen LogP contribution in [0.5, 0.6) is 0 Å². The normalized spacial score (nSPS) is 32.2. The van der Waals surface area contributed by atoms with Gasteiger partial charge in [-0.2, -0.15) is 0 Å². The molecule has 1 saturated carbocycles. The van der Waals surface area contributed by atoms with Gasteiger partial charge in [-0.3, -0.25) is 0 Å². The van der Waals surface area contributed by atoms with E-state index in [1.807, 2.05) is 6.08 Å². The highest BCUT2D eigenvalue weighted by molar-refractivity contribution is 5.26. The maximum absolute atomic E-state index is 14.5. The number of hydrogen-bond donors (Lipinski definition) is 1. The van der Waals surface area contributed by atoms with Gasteiger partial charge in [-0.25, -0.2) is 4.39 Å². The Balaban J connectivity index is 1.49. The van der Waals surface area contributed by atoms with E-state index in [2.05, 4.69) is 56.5 Å². The largest absolute Gasteiger partial charge is 0.313 e. The SMILES string of the molecule is CC=CC(C)C(CCNCC1=CC=CC(F)C1C1CCC1)CC1C=CC(C)CC1. The van der Waals surface area contributed by atoms with Gasteiger partial charge in [-0.15, -0.1) is 0 Å². The van der Waals surface area contributed by atoms with Crippen LogP contribution in [0.4, 0.5) is 4.39 Å². The van der Waals surface area contributed by atoms with E-state index in [0.717, 1.165) is 24.9 Å². The van der Waals surface area contributed by atoms with Crippen LogP contribution >= 0.6 is 0 Å². The van der Waals surface area contributed by atoms with Gasteiger partial charge in [0.15, 0.2) is 0 Å². The lowest BCUT2D eigenvalue weighted by Gasteiger charge is -2.38. The number of hydrogen-bond acceptors (Lipinski definition) is 1. The lowest BCUT2D eigenvalue weighted by Crippen LogP contribution is -2.35. The molecule has 0 aromatic carbocycles. The highest BCUT2D eigenvalue weighted by Gasteiger charge is 2.35. The third kappa shape index (κ3) is 6.41. The van der Waals surface area contributed by atoms with Gasteiger partial charge >= 0.3 is 0 Å². The molecule has 6 unspecified atom stereocenters. The van der Waals surface area contributed by atoms with Crippen molar-refractivity contribution in [2.24, 2.45) is 35.5 Å². The quantitative estimate of drug-likeness (QED) is 0.307. The van der Waals surface area contributed by atoms with Crippen LogP contribution in [-0.2, 0) is 0 Å². The summed E-state index contributed by atoms with van der Waals surface area (Å²) in [6.45, 7) is 8.69.